The van der Waals surface area contributed by atoms with E-state index < -0.39 is 18.5 Å². The molecule has 8 heteroatoms. The zero-order chi connectivity index (χ0) is 20.6. The number of hydrogen-bond donors (Lipinski definition) is 1. The zero-order valence-electron chi connectivity index (χ0n) is 16.1. The van der Waals surface area contributed by atoms with E-state index in [1.807, 2.05) is 25.1 Å². The number of rotatable bonds is 8. The van der Waals surface area contributed by atoms with Crippen LogP contribution in [0.25, 0.3) is 6.08 Å². The zero-order valence-corrected chi connectivity index (χ0v) is 16.1. The van der Waals surface area contributed by atoms with Gasteiger partial charge in [-0.1, -0.05) is 18.2 Å². The highest BCUT2D eigenvalue weighted by Gasteiger charge is 2.15. The normalized spacial score (nSPS) is 11.9. The van der Waals surface area contributed by atoms with Crippen LogP contribution >= 0.6 is 0 Å². The highest BCUT2D eigenvalue weighted by molar-refractivity contribution is 5.93. The van der Waals surface area contributed by atoms with Crippen LogP contribution in [0.15, 0.2) is 42.5 Å². The van der Waals surface area contributed by atoms with Crippen LogP contribution in [0.2, 0.25) is 0 Å². The molecule has 0 aliphatic carbocycles. The Morgan fingerprint density at radius 1 is 1.07 bits per heavy atom. The molecule has 1 amide bonds. The average Bonchev–Trinajstić information content (AvgIpc) is 3.19. The molecule has 0 bridgehead atoms. The summed E-state index contributed by atoms with van der Waals surface area (Å²) in [6.45, 7) is 1.27. The van der Waals surface area contributed by atoms with Crippen molar-refractivity contribution in [1.29, 1.82) is 0 Å². The molecule has 1 N–H and O–H groups in total. The number of nitrogens with one attached hydrogen (secondary N) is 1. The number of anilines is 1. The summed E-state index contributed by atoms with van der Waals surface area (Å²) in [6.07, 6.45) is 3.82. The second kappa shape index (κ2) is 9.50. The molecular formula is C21H21NO7. The lowest BCUT2D eigenvalue weighted by Gasteiger charge is -2.11. The van der Waals surface area contributed by atoms with Gasteiger partial charge in [-0.25, -0.2) is 4.79 Å². The summed E-state index contributed by atoms with van der Waals surface area (Å²) in [6, 6.07) is 10.3. The van der Waals surface area contributed by atoms with E-state index >= 15 is 0 Å². The van der Waals surface area contributed by atoms with E-state index in [1.54, 1.807) is 30.3 Å². The van der Waals surface area contributed by atoms with Gasteiger partial charge in [0.1, 0.15) is 0 Å². The summed E-state index contributed by atoms with van der Waals surface area (Å²) in [5.41, 5.74) is 1.46. The molecule has 0 aromatic heterocycles. The van der Waals surface area contributed by atoms with Gasteiger partial charge in [-0.15, -0.1) is 0 Å². The van der Waals surface area contributed by atoms with E-state index in [0.29, 0.717) is 28.7 Å². The maximum Gasteiger partial charge on any atom is 0.344 e. The minimum atomic E-state index is -0.676. The Kier molecular flexibility index (Phi) is 6.57. The van der Waals surface area contributed by atoms with Crippen molar-refractivity contribution in [3.63, 3.8) is 0 Å². The number of methoxy groups -OCH3 is 1. The molecule has 0 radical (unpaired) electrons. The summed E-state index contributed by atoms with van der Waals surface area (Å²) in [7, 11) is 1.51. The maximum absolute atomic E-state index is 12.0. The highest BCUT2D eigenvalue weighted by atomic mass is 16.7. The van der Waals surface area contributed by atoms with Crippen molar-refractivity contribution in [2.75, 3.05) is 32.4 Å². The van der Waals surface area contributed by atoms with Crippen molar-refractivity contribution >= 4 is 23.6 Å². The quantitative estimate of drug-likeness (QED) is 0.682. The Bertz CT molecular complexity index is 923. The summed E-state index contributed by atoms with van der Waals surface area (Å²) < 4.78 is 26.1. The van der Waals surface area contributed by atoms with E-state index in [2.05, 4.69) is 5.32 Å². The van der Waals surface area contributed by atoms with Gasteiger partial charge in [-0.2, -0.15) is 0 Å². The Balaban J connectivity index is 1.45. The second-order valence-corrected chi connectivity index (χ2v) is 5.98. The smallest absolute Gasteiger partial charge is 0.344 e. The minimum Gasteiger partial charge on any atom is -0.493 e. The van der Waals surface area contributed by atoms with Crippen molar-refractivity contribution in [3.8, 4) is 23.0 Å². The Morgan fingerprint density at radius 3 is 2.69 bits per heavy atom. The summed E-state index contributed by atoms with van der Waals surface area (Å²) >= 11 is 0. The van der Waals surface area contributed by atoms with Gasteiger partial charge < -0.3 is 29.0 Å². The Labute approximate surface area is 168 Å². The van der Waals surface area contributed by atoms with Gasteiger partial charge in [-0.3, -0.25) is 4.79 Å². The number of benzene rings is 2. The maximum atomic E-state index is 12.0. The largest absolute Gasteiger partial charge is 0.493 e. The molecule has 152 valence electrons. The van der Waals surface area contributed by atoms with Crippen LogP contribution in [0.3, 0.4) is 0 Å². The molecule has 0 atom stereocenters. The molecule has 0 saturated heterocycles. The molecule has 1 heterocycles. The summed E-state index contributed by atoms with van der Waals surface area (Å²) in [4.78, 5) is 23.8. The van der Waals surface area contributed by atoms with Crippen LogP contribution in [-0.2, 0) is 14.3 Å². The number of esters is 1. The van der Waals surface area contributed by atoms with Crippen LogP contribution in [0.1, 0.15) is 12.5 Å². The van der Waals surface area contributed by atoms with Crippen LogP contribution in [0.4, 0.5) is 5.69 Å². The van der Waals surface area contributed by atoms with Crippen molar-refractivity contribution in [2.45, 2.75) is 6.92 Å². The minimum absolute atomic E-state index is 0.146. The lowest BCUT2D eigenvalue weighted by Crippen LogP contribution is -2.23. The van der Waals surface area contributed by atoms with Gasteiger partial charge in [0.2, 0.25) is 6.79 Å². The number of allylic oxidation sites excluding steroid dienone is 1. The number of carbonyl (C=O) groups is 2. The van der Waals surface area contributed by atoms with E-state index in [0.717, 1.165) is 5.56 Å². The lowest BCUT2D eigenvalue weighted by atomic mass is 10.2. The molecular weight excluding hydrogens is 378 g/mol. The Morgan fingerprint density at radius 2 is 1.90 bits per heavy atom. The predicted molar refractivity (Wildman–Crippen MR) is 105 cm³/mol. The first-order chi connectivity index (χ1) is 14.1. The lowest BCUT2D eigenvalue weighted by molar-refractivity contribution is -0.149. The molecule has 0 spiro atoms. The number of amides is 1. The topological polar surface area (TPSA) is 92.3 Å². The van der Waals surface area contributed by atoms with Crippen molar-refractivity contribution in [2.24, 2.45) is 0 Å². The second-order valence-electron chi connectivity index (χ2n) is 5.98. The molecule has 3 rings (SSSR count). The molecule has 2 aromatic rings. The first-order valence-electron chi connectivity index (χ1n) is 8.87. The van der Waals surface area contributed by atoms with Gasteiger partial charge >= 0.3 is 5.97 Å². The van der Waals surface area contributed by atoms with Crippen LogP contribution in [-0.4, -0.2) is 39.0 Å². The number of fused-ring (bicyclic) bond motifs is 1. The Hall–Kier alpha value is -3.68. The van der Waals surface area contributed by atoms with Gasteiger partial charge in [0.15, 0.2) is 36.2 Å². The molecule has 1 aliphatic heterocycles. The van der Waals surface area contributed by atoms with Crippen molar-refractivity contribution in [1.82, 2.24) is 0 Å². The third kappa shape index (κ3) is 5.41. The van der Waals surface area contributed by atoms with Gasteiger partial charge in [0.05, 0.1) is 7.11 Å². The first-order valence-corrected chi connectivity index (χ1v) is 8.87. The van der Waals surface area contributed by atoms with E-state index in [9.17, 15) is 9.59 Å². The molecule has 0 unspecified atom stereocenters. The van der Waals surface area contributed by atoms with Gasteiger partial charge in [-0.05, 0) is 36.8 Å². The van der Waals surface area contributed by atoms with E-state index in [4.69, 9.17) is 23.7 Å². The highest BCUT2D eigenvalue weighted by Crippen LogP contribution is 2.34. The molecule has 29 heavy (non-hydrogen) atoms. The number of carbonyl (C=O) groups excluding carboxylic acids is 2. The standard InChI is InChI=1S/C21H21NO7/c1-3-4-14-5-7-16(18(9-14)25-2)26-12-21(24)27-11-20(23)22-15-6-8-17-19(10-15)29-13-28-17/h3-10H,11-13H2,1-2H3,(H,22,23)/b4-3+. The number of ether oxygens (including phenoxy) is 5. The third-order valence-corrected chi connectivity index (χ3v) is 3.91. The molecule has 2 aromatic carbocycles. The SMILES string of the molecule is C/C=C/c1ccc(OCC(=O)OCC(=O)Nc2ccc3c(c2)OCO3)c(OC)c1. The summed E-state index contributed by atoms with van der Waals surface area (Å²) in [5.74, 6) is 0.899. The average molecular weight is 399 g/mol. The van der Waals surface area contributed by atoms with Crippen LogP contribution in [0.5, 0.6) is 23.0 Å². The van der Waals surface area contributed by atoms with Gasteiger partial charge in [0.25, 0.3) is 5.91 Å². The number of hydrogen-bond acceptors (Lipinski definition) is 7. The molecule has 1 aliphatic rings. The van der Waals surface area contributed by atoms with Crippen molar-refractivity contribution < 1.29 is 33.3 Å². The first kappa shape index (κ1) is 20.1. The fourth-order valence-electron chi connectivity index (χ4n) is 2.60. The van der Waals surface area contributed by atoms with Crippen molar-refractivity contribution in [3.05, 3.63) is 48.0 Å². The monoisotopic (exact) mass is 399 g/mol. The predicted octanol–water partition coefficient (Wildman–Crippen LogP) is 3.02. The van der Waals surface area contributed by atoms with Gasteiger partial charge in [0, 0.05) is 11.8 Å². The van der Waals surface area contributed by atoms with E-state index in [-0.39, 0.29) is 13.4 Å². The fraction of sp³-hybridized carbons (Fsp3) is 0.238. The molecule has 0 fully saturated rings. The molecule has 8 nitrogen and oxygen atoms in total. The van der Waals surface area contributed by atoms with E-state index in [1.165, 1.54) is 7.11 Å². The van der Waals surface area contributed by atoms with Crippen LogP contribution < -0.4 is 24.3 Å². The van der Waals surface area contributed by atoms with Crippen LogP contribution in [0, 0.1) is 0 Å². The summed E-state index contributed by atoms with van der Waals surface area (Å²) in [5, 5.41) is 2.62. The fourth-order valence-corrected chi connectivity index (χ4v) is 2.60. The third-order valence-electron chi connectivity index (χ3n) is 3.91. The molecule has 0 saturated carbocycles.